The molecular weight excluding hydrogens is 432 g/mol. The molecule has 170 valence electrons. The van der Waals surface area contributed by atoms with E-state index in [1.165, 1.54) is 35.2 Å². The molecule has 1 saturated carbocycles. The van der Waals surface area contributed by atoms with Crippen LogP contribution < -0.4 is 11.1 Å². The van der Waals surface area contributed by atoms with Gasteiger partial charge >= 0.3 is 0 Å². The molecule has 0 aromatic heterocycles. The molecule has 2 heterocycles. The Labute approximate surface area is 187 Å². The van der Waals surface area contributed by atoms with Crippen LogP contribution in [0.2, 0.25) is 0 Å². The van der Waals surface area contributed by atoms with E-state index < -0.39 is 53.3 Å². The number of benzene rings is 2. The molecule has 9 heteroatoms. The van der Waals surface area contributed by atoms with Crippen molar-refractivity contribution < 1.29 is 28.0 Å². The summed E-state index contributed by atoms with van der Waals surface area (Å²) >= 11 is 0. The van der Waals surface area contributed by atoms with Gasteiger partial charge in [0.25, 0.3) is 5.91 Å². The summed E-state index contributed by atoms with van der Waals surface area (Å²) in [6.45, 7) is 0. The summed E-state index contributed by atoms with van der Waals surface area (Å²) in [4.78, 5) is 51.2. The number of fused-ring (bicyclic) bond motifs is 1. The molecule has 33 heavy (non-hydrogen) atoms. The first kappa shape index (κ1) is 21.2. The third kappa shape index (κ3) is 3.57. The lowest BCUT2D eigenvalue weighted by Gasteiger charge is -2.38. The highest BCUT2D eigenvalue weighted by molar-refractivity contribution is 6.06. The molecule has 2 aromatic carbocycles. The molecular formula is C24H21F2N3O4. The van der Waals surface area contributed by atoms with Crippen LogP contribution in [0.3, 0.4) is 0 Å². The predicted octanol–water partition coefficient (Wildman–Crippen LogP) is 2.56. The van der Waals surface area contributed by atoms with Gasteiger partial charge < -0.3 is 10.6 Å². The highest BCUT2D eigenvalue weighted by atomic mass is 19.1. The number of imide groups is 1. The molecule has 1 saturated heterocycles. The van der Waals surface area contributed by atoms with Crippen molar-refractivity contribution in [1.29, 1.82) is 0 Å². The Bertz CT molecular complexity index is 1210. The standard InChI is InChI=1S/C24H21F2N3O4/c25-13-4-6-15(17(26)10-13)20(11-1-2-11)21-16-9-12(22(27)31)3-5-14(16)24(33)29(21)18-7-8-19(30)28-23(18)32/h3-6,9-11,18,20-21H,1-2,7-8H2,(H2,27,31)(H,28,30,32). The Morgan fingerprint density at radius 2 is 1.82 bits per heavy atom. The monoisotopic (exact) mass is 453 g/mol. The van der Waals surface area contributed by atoms with Crippen molar-refractivity contribution in [1.82, 2.24) is 10.2 Å². The maximum atomic E-state index is 15.0. The summed E-state index contributed by atoms with van der Waals surface area (Å²) in [5.74, 6) is -4.15. The van der Waals surface area contributed by atoms with E-state index in [1.807, 2.05) is 0 Å². The summed E-state index contributed by atoms with van der Waals surface area (Å²) < 4.78 is 28.6. The van der Waals surface area contributed by atoms with Gasteiger partial charge in [0.05, 0.1) is 6.04 Å². The minimum atomic E-state index is -0.936. The summed E-state index contributed by atoms with van der Waals surface area (Å²) in [6.07, 6.45) is 1.75. The summed E-state index contributed by atoms with van der Waals surface area (Å²) in [5, 5.41) is 2.28. The third-order valence-corrected chi connectivity index (χ3v) is 6.76. The minimum Gasteiger partial charge on any atom is -0.366 e. The molecule has 5 rings (SSSR count). The summed E-state index contributed by atoms with van der Waals surface area (Å²) in [7, 11) is 0. The van der Waals surface area contributed by atoms with E-state index in [-0.39, 0.29) is 29.9 Å². The molecule has 2 aliphatic heterocycles. The van der Waals surface area contributed by atoms with Crippen LogP contribution in [0.1, 0.15) is 69.5 Å². The maximum absolute atomic E-state index is 15.0. The number of nitrogens with two attached hydrogens (primary N) is 1. The number of hydrogen-bond acceptors (Lipinski definition) is 4. The molecule has 3 atom stereocenters. The Balaban J connectivity index is 1.68. The van der Waals surface area contributed by atoms with Crippen LogP contribution in [0.4, 0.5) is 8.78 Å². The molecule has 0 bridgehead atoms. The third-order valence-electron chi connectivity index (χ3n) is 6.76. The summed E-state index contributed by atoms with van der Waals surface area (Å²) in [5.41, 5.74) is 6.66. The van der Waals surface area contributed by atoms with Crippen LogP contribution in [0.25, 0.3) is 0 Å². The van der Waals surface area contributed by atoms with Crippen LogP contribution in [-0.4, -0.2) is 34.6 Å². The van der Waals surface area contributed by atoms with Crippen LogP contribution in [0.15, 0.2) is 36.4 Å². The van der Waals surface area contributed by atoms with Crippen LogP contribution in [0.5, 0.6) is 0 Å². The Kier molecular flexibility index (Phi) is 4.99. The average molecular weight is 453 g/mol. The topological polar surface area (TPSA) is 110 Å². The fourth-order valence-electron chi connectivity index (χ4n) is 5.13. The number of halogens is 2. The van der Waals surface area contributed by atoms with Crippen molar-refractivity contribution in [2.75, 3.05) is 0 Å². The van der Waals surface area contributed by atoms with Gasteiger partial charge in [-0.3, -0.25) is 24.5 Å². The van der Waals surface area contributed by atoms with E-state index >= 15 is 0 Å². The molecule has 2 fully saturated rings. The van der Waals surface area contributed by atoms with Crippen molar-refractivity contribution in [2.24, 2.45) is 11.7 Å². The van der Waals surface area contributed by atoms with E-state index in [0.29, 0.717) is 11.1 Å². The molecule has 0 radical (unpaired) electrons. The lowest BCUT2D eigenvalue weighted by molar-refractivity contribution is -0.137. The molecule has 1 aliphatic carbocycles. The molecule has 0 spiro atoms. The van der Waals surface area contributed by atoms with E-state index in [0.717, 1.165) is 18.9 Å². The number of piperidine rings is 1. The second-order valence-corrected chi connectivity index (χ2v) is 8.82. The summed E-state index contributed by atoms with van der Waals surface area (Å²) in [6, 6.07) is 6.08. The predicted molar refractivity (Wildman–Crippen MR) is 112 cm³/mol. The van der Waals surface area contributed by atoms with Crippen molar-refractivity contribution in [3.8, 4) is 0 Å². The molecule has 2 aromatic rings. The van der Waals surface area contributed by atoms with Gasteiger partial charge in [-0.05, 0) is 60.6 Å². The second kappa shape index (κ2) is 7.75. The van der Waals surface area contributed by atoms with Gasteiger partial charge in [0.2, 0.25) is 17.7 Å². The van der Waals surface area contributed by atoms with E-state index in [9.17, 15) is 28.0 Å². The van der Waals surface area contributed by atoms with E-state index in [2.05, 4.69) is 5.32 Å². The van der Waals surface area contributed by atoms with Gasteiger partial charge in [0.1, 0.15) is 17.7 Å². The lowest BCUT2D eigenvalue weighted by atomic mass is 9.82. The van der Waals surface area contributed by atoms with Gasteiger partial charge in [0, 0.05) is 29.5 Å². The van der Waals surface area contributed by atoms with Crippen molar-refractivity contribution in [2.45, 2.75) is 43.7 Å². The zero-order chi connectivity index (χ0) is 23.4. The first-order valence-electron chi connectivity index (χ1n) is 10.8. The van der Waals surface area contributed by atoms with Crippen molar-refractivity contribution in [3.05, 3.63) is 70.3 Å². The fraction of sp³-hybridized carbons (Fsp3) is 0.333. The van der Waals surface area contributed by atoms with Gasteiger partial charge in [-0.15, -0.1) is 0 Å². The highest BCUT2D eigenvalue weighted by Gasteiger charge is 2.52. The van der Waals surface area contributed by atoms with Crippen LogP contribution >= 0.6 is 0 Å². The Hall–Kier alpha value is -3.62. The Morgan fingerprint density at radius 3 is 2.45 bits per heavy atom. The number of hydrogen-bond donors (Lipinski definition) is 2. The van der Waals surface area contributed by atoms with Crippen molar-refractivity contribution >= 4 is 23.6 Å². The zero-order valence-electron chi connectivity index (χ0n) is 17.5. The quantitative estimate of drug-likeness (QED) is 0.678. The van der Waals surface area contributed by atoms with Gasteiger partial charge in [0.15, 0.2) is 0 Å². The number of nitrogens with zero attached hydrogens (tertiary/aromatic N) is 1. The number of amides is 4. The molecule has 3 N–H and O–H groups in total. The van der Waals surface area contributed by atoms with Gasteiger partial charge in [-0.2, -0.15) is 0 Å². The van der Waals surface area contributed by atoms with Gasteiger partial charge in [-0.25, -0.2) is 8.78 Å². The van der Waals surface area contributed by atoms with Crippen LogP contribution in [-0.2, 0) is 9.59 Å². The first-order valence-corrected chi connectivity index (χ1v) is 10.8. The number of primary amides is 1. The second-order valence-electron chi connectivity index (χ2n) is 8.82. The minimum absolute atomic E-state index is 0.00160. The van der Waals surface area contributed by atoms with Crippen molar-refractivity contribution in [3.63, 3.8) is 0 Å². The SMILES string of the molecule is NC(=O)c1ccc2c(c1)C(C(c1ccc(F)cc1F)C1CC1)N(C1CCC(=O)NC1=O)C2=O. The largest absolute Gasteiger partial charge is 0.366 e. The lowest BCUT2D eigenvalue weighted by Crippen LogP contribution is -2.54. The fourth-order valence-corrected chi connectivity index (χ4v) is 5.13. The first-order chi connectivity index (χ1) is 15.8. The zero-order valence-corrected chi connectivity index (χ0v) is 17.5. The number of carbonyl (C=O) groups is 4. The molecule has 3 unspecified atom stereocenters. The highest BCUT2D eigenvalue weighted by Crippen LogP contribution is 2.55. The molecule has 4 amide bonds. The number of carbonyl (C=O) groups excluding carboxylic acids is 4. The Morgan fingerprint density at radius 1 is 1.06 bits per heavy atom. The normalized spacial score (nSPS) is 23.3. The van der Waals surface area contributed by atoms with Gasteiger partial charge in [-0.1, -0.05) is 6.07 Å². The van der Waals surface area contributed by atoms with Crippen LogP contribution in [0, 0.1) is 17.6 Å². The smallest absolute Gasteiger partial charge is 0.255 e. The molecule has 3 aliphatic rings. The average Bonchev–Trinajstić information content (AvgIpc) is 3.56. The maximum Gasteiger partial charge on any atom is 0.255 e. The number of rotatable bonds is 5. The van der Waals surface area contributed by atoms with E-state index in [4.69, 9.17) is 5.73 Å². The molecule has 7 nitrogen and oxygen atoms in total. The number of nitrogens with one attached hydrogen (secondary N) is 1. The van der Waals surface area contributed by atoms with E-state index in [1.54, 1.807) is 0 Å².